The molecule has 0 atom stereocenters. The van der Waals surface area contributed by atoms with Crippen molar-refractivity contribution in [2.24, 2.45) is 0 Å². The van der Waals surface area contributed by atoms with Gasteiger partial charge in [-0.25, -0.2) is 0 Å². The molecule has 2 aliphatic rings. The van der Waals surface area contributed by atoms with E-state index in [0.29, 0.717) is 33.7 Å². The summed E-state index contributed by atoms with van der Waals surface area (Å²) in [5.41, 5.74) is 25.3. The number of fused-ring (bicyclic) bond motifs is 22. The Morgan fingerprint density at radius 2 is 0.715 bits per heavy atom. The van der Waals surface area contributed by atoms with Crippen LogP contribution in [0.3, 0.4) is 0 Å². The van der Waals surface area contributed by atoms with Crippen molar-refractivity contribution in [2.45, 2.75) is 78.6 Å². The third-order valence-electron chi connectivity index (χ3n) is 26.1. The van der Waals surface area contributed by atoms with Gasteiger partial charge in [-0.05, 0) is 164 Å². The van der Waals surface area contributed by atoms with E-state index in [4.69, 9.17) is 17.7 Å². The molecule has 0 saturated carbocycles. The van der Waals surface area contributed by atoms with Crippen LogP contribution in [0.15, 0.2) is 357 Å². The molecule has 8 nitrogen and oxygen atoms in total. The van der Waals surface area contributed by atoms with Crippen molar-refractivity contribution >= 4 is 189 Å². The molecule has 23 aromatic rings. The molecule has 0 radical (unpaired) electrons. The third kappa shape index (κ3) is 10.4. The van der Waals surface area contributed by atoms with E-state index < -0.39 is 35.0 Å². The molecule has 9 heteroatoms. The largest absolute Gasteiger partial charge is 0.456 e. The topological polar surface area (TPSA) is 68.9 Å². The molecule has 8 heterocycles. The summed E-state index contributed by atoms with van der Waals surface area (Å²) in [6, 6.07) is 103. The summed E-state index contributed by atoms with van der Waals surface area (Å²) in [6.45, 7) is 19.8. The Balaban J connectivity index is 0.868. The summed E-state index contributed by atoms with van der Waals surface area (Å²) < 4.78 is 104. The summed E-state index contributed by atoms with van der Waals surface area (Å²) in [4.78, 5) is 5.04. The lowest BCUT2D eigenvalue weighted by Crippen LogP contribution is -2.61. The number of furan rings is 4. The zero-order valence-electron chi connectivity index (χ0n) is 76.3. The normalized spacial score (nSPS) is 14.0. The first-order chi connectivity index (χ1) is 62.9. The second-order valence-corrected chi connectivity index (χ2v) is 36.4. The van der Waals surface area contributed by atoms with Crippen molar-refractivity contribution in [1.29, 1.82) is 0 Å². The number of anilines is 6. The van der Waals surface area contributed by atoms with Crippen LogP contribution in [0.2, 0.25) is 0 Å². The van der Waals surface area contributed by atoms with Crippen LogP contribution in [0.1, 0.15) is 88.6 Å². The summed E-state index contributed by atoms with van der Waals surface area (Å²) in [6.07, 6.45) is 0. The number of para-hydroxylation sites is 9. The first-order valence-corrected chi connectivity index (χ1v) is 42.4. The van der Waals surface area contributed by atoms with E-state index in [9.17, 15) is 9.60 Å². The molecule has 25 rings (SSSR count). The first-order valence-electron chi connectivity index (χ1n) is 45.9. The molecule has 0 spiro atoms. The van der Waals surface area contributed by atoms with E-state index in [1.807, 2.05) is 60.7 Å². The fraction of sp³-hybridized carbons (Fsp3) is 0.105. The standard InChI is InChI=1S/C114H83BN4O4/c1-112(2,3)70-61-97-105-98(62-70)119(107-86(82-41-28-39-80-78-35-17-24-46-100(78)121-109(80)82)65-88(114(7,8)9)111-104(107)84-37-19-26-48-102(84)123-111)96-63-72(117-93-44-22-15-33-75(93)76-56-51-68(59-94(76)117)66-29-11-10-12-30-66)55-58-90(96)115(105)89-57-52-69(67-49-53-71(54-50-67)116-91-42-20-13-31-73(91)74-32-14-21-43-92(74)116)60-95(89)118(97)106-85(81-40-27-38-79-77-34-16-23-45-99(77)120-108(79)81)64-87(113(4,5)6)110-103(106)83-36-18-25-47-101(83)122-110/h10-65H,1-9H3/i15D,22D,33D,44D,51D,56D,59D. The molecule has 6 aromatic heterocycles. The summed E-state index contributed by atoms with van der Waals surface area (Å²) in [5.74, 6) is 0. The highest BCUT2D eigenvalue weighted by molar-refractivity contribution is 7.00. The number of aromatic nitrogens is 2. The van der Waals surface area contributed by atoms with Gasteiger partial charge in [0.15, 0.2) is 0 Å². The summed E-state index contributed by atoms with van der Waals surface area (Å²) in [5, 5.41) is 9.97. The lowest BCUT2D eigenvalue weighted by atomic mass is 9.33. The van der Waals surface area contributed by atoms with Crippen molar-refractivity contribution in [1.82, 2.24) is 9.13 Å². The summed E-state index contributed by atoms with van der Waals surface area (Å²) in [7, 11) is 0. The van der Waals surface area contributed by atoms with Gasteiger partial charge in [0.05, 0.1) is 53.8 Å². The van der Waals surface area contributed by atoms with Crippen LogP contribution in [-0.2, 0) is 16.2 Å². The molecule has 0 aliphatic carbocycles. The molecular weight excluding hydrogens is 1500 g/mol. The SMILES string of the molecule is [2H]c1c([2H])c([2H])c2c(c1[2H])c1c([2H])c([2H])c(-c3ccccc3)c([2H])c1n2-c1ccc2c(c1)N(c1c(-c3cccc4c3oc3ccccc34)cc(C(C)(C)C)c3oc4ccccc4c13)c1cc(C(C)(C)C)cc3c1B2c1ccc(-c2ccc(-n4c5ccccc5c5ccccc54)cc2)cc1N3c1c(-c2cccc3c2oc2ccccc23)cc(C(C)(C)C)c2oc3ccccc3c12. The van der Waals surface area contributed by atoms with Gasteiger partial charge in [-0.3, -0.25) is 0 Å². The van der Waals surface area contributed by atoms with Gasteiger partial charge in [-0.15, -0.1) is 0 Å². The third-order valence-corrected chi connectivity index (χ3v) is 26.1. The molecule has 0 unspecified atom stereocenters. The fourth-order valence-corrected chi connectivity index (χ4v) is 20.4. The smallest absolute Gasteiger partial charge is 0.252 e. The van der Waals surface area contributed by atoms with E-state index in [-0.39, 0.29) is 57.6 Å². The average Bonchev–Trinajstić information content (AvgIpc) is 1.12. The zero-order valence-corrected chi connectivity index (χ0v) is 69.3. The predicted octanol–water partition coefficient (Wildman–Crippen LogP) is 30.1. The van der Waals surface area contributed by atoms with Gasteiger partial charge >= 0.3 is 0 Å². The quantitative estimate of drug-likeness (QED) is 0.141. The Labute approximate surface area is 721 Å². The van der Waals surface area contributed by atoms with Gasteiger partial charge in [0.1, 0.15) is 44.7 Å². The fourth-order valence-electron chi connectivity index (χ4n) is 20.4. The molecule has 586 valence electrons. The van der Waals surface area contributed by atoms with Crippen molar-refractivity contribution < 1.29 is 27.3 Å². The minimum atomic E-state index is -0.602. The molecule has 0 bridgehead atoms. The number of hydrogen-bond donors (Lipinski definition) is 0. The maximum atomic E-state index is 10.7. The van der Waals surface area contributed by atoms with E-state index in [1.165, 1.54) is 10.8 Å². The van der Waals surface area contributed by atoms with Gasteiger partial charge in [-0.1, -0.05) is 299 Å². The zero-order chi connectivity index (χ0) is 88.5. The van der Waals surface area contributed by atoms with Crippen molar-refractivity contribution in [3.05, 3.63) is 356 Å². The Hall–Kier alpha value is -14.8. The van der Waals surface area contributed by atoms with Crippen LogP contribution in [-0.4, -0.2) is 15.8 Å². The number of nitrogens with zero attached hydrogens (tertiary/aromatic N) is 4. The number of benzene rings is 17. The molecular formula is C114H83BN4O4. The molecule has 0 amide bonds. The Bertz CT molecular complexity index is 8880. The molecule has 0 saturated heterocycles. The van der Waals surface area contributed by atoms with Crippen molar-refractivity contribution in [3.63, 3.8) is 0 Å². The van der Waals surface area contributed by atoms with Crippen molar-refractivity contribution in [2.75, 3.05) is 9.80 Å². The lowest BCUT2D eigenvalue weighted by molar-refractivity contribution is 0.572. The molecule has 2 aliphatic heterocycles. The Morgan fingerprint density at radius 1 is 0.285 bits per heavy atom. The maximum Gasteiger partial charge on any atom is 0.252 e. The monoisotopic (exact) mass is 1590 g/mol. The lowest BCUT2D eigenvalue weighted by Gasteiger charge is -2.46. The molecule has 0 N–H and O–H groups in total. The van der Waals surface area contributed by atoms with Crippen LogP contribution in [0.4, 0.5) is 34.1 Å². The highest BCUT2D eigenvalue weighted by Gasteiger charge is 2.48. The number of rotatable bonds is 8. The van der Waals surface area contributed by atoms with Crippen LogP contribution in [0, 0.1) is 0 Å². The van der Waals surface area contributed by atoms with Gasteiger partial charge < -0.3 is 36.6 Å². The highest BCUT2D eigenvalue weighted by Crippen LogP contribution is 2.59. The Morgan fingerprint density at radius 3 is 1.26 bits per heavy atom. The van der Waals surface area contributed by atoms with Gasteiger partial charge in [0, 0.05) is 121 Å². The van der Waals surface area contributed by atoms with E-state index in [1.54, 1.807) is 4.57 Å². The molecule has 0 fully saturated rings. The van der Waals surface area contributed by atoms with Crippen molar-refractivity contribution in [3.8, 4) is 55.9 Å². The van der Waals surface area contributed by atoms with Gasteiger partial charge in [0.2, 0.25) is 0 Å². The van der Waals surface area contributed by atoms with E-state index in [0.717, 1.165) is 183 Å². The summed E-state index contributed by atoms with van der Waals surface area (Å²) >= 11 is 0. The maximum absolute atomic E-state index is 10.7. The Kier molecular flexibility index (Phi) is 13.5. The average molecular weight is 1590 g/mol. The first kappa shape index (κ1) is 64.2. The highest BCUT2D eigenvalue weighted by atomic mass is 16.3. The molecule has 17 aromatic carbocycles. The van der Waals surface area contributed by atoms with E-state index >= 15 is 0 Å². The second-order valence-electron chi connectivity index (χ2n) is 36.4. The second kappa shape index (κ2) is 25.9. The minimum absolute atomic E-state index is 0.0435. The van der Waals surface area contributed by atoms with E-state index in [2.05, 4.69) is 313 Å². The van der Waals surface area contributed by atoms with Crippen LogP contribution >= 0.6 is 0 Å². The van der Waals surface area contributed by atoms with Gasteiger partial charge in [-0.2, -0.15) is 0 Å². The van der Waals surface area contributed by atoms with Crippen LogP contribution in [0.5, 0.6) is 0 Å². The van der Waals surface area contributed by atoms with Crippen LogP contribution < -0.4 is 26.2 Å². The van der Waals surface area contributed by atoms with Crippen LogP contribution in [0.25, 0.3) is 187 Å². The minimum Gasteiger partial charge on any atom is -0.456 e. The number of hydrogen-bond acceptors (Lipinski definition) is 6. The van der Waals surface area contributed by atoms with Gasteiger partial charge in [0.25, 0.3) is 6.71 Å². The predicted molar refractivity (Wildman–Crippen MR) is 516 cm³/mol. The molecule has 123 heavy (non-hydrogen) atoms.